The third-order valence-electron chi connectivity index (χ3n) is 2.21. The van der Waals surface area contributed by atoms with Crippen molar-refractivity contribution in [3.05, 3.63) is 35.4 Å². The average Bonchev–Trinajstić information content (AvgIpc) is 2.15. The molecule has 0 aliphatic rings. The summed E-state index contributed by atoms with van der Waals surface area (Å²) in [7, 11) is 0. The van der Waals surface area contributed by atoms with Crippen LogP contribution in [-0.2, 0) is 0 Å². The lowest BCUT2D eigenvalue weighted by molar-refractivity contribution is 0.187. The Balaban J connectivity index is 2.57. The monoisotopic (exact) mass is 191 g/mol. The fourth-order valence-electron chi connectivity index (χ4n) is 1.25. The Morgan fingerprint density at radius 2 is 1.93 bits per heavy atom. The number of nitrogens with one attached hydrogen (secondary N) is 1. The van der Waals surface area contributed by atoms with E-state index in [-0.39, 0.29) is 6.10 Å². The molecular weight excluding hydrogens is 174 g/mol. The molecule has 0 aliphatic carbocycles. The zero-order chi connectivity index (χ0) is 10.6. The molecule has 0 aromatic heterocycles. The molecule has 0 aliphatic heterocycles. The molecule has 2 heteroatoms. The second-order valence-corrected chi connectivity index (χ2v) is 3.73. The summed E-state index contributed by atoms with van der Waals surface area (Å²) >= 11 is 0. The van der Waals surface area contributed by atoms with Gasteiger partial charge < -0.3 is 10.5 Å². The van der Waals surface area contributed by atoms with Crippen molar-refractivity contribution < 1.29 is 5.11 Å². The normalized spacial score (nSPS) is 12.5. The van der Waals surface area contributed by atoms with Crippen molar-refractivity contribution in [1.29, 1.82) is 5.41 Å². The van der Waals surface area contributed by atoms with Gasteiger partial charge in [-0.25, -0.2) is 0 Å². The number of hydrogen-bond donors (Lipinski definition) is 2. The van der Waals surface area contributed by atoms with E-state index in [4.69, 9.17) is 10.5 Å². The van der Waals surface area contributed by atoms with Gasteiger partial charge in [0.15, 0.2) is 0 Å². The zero-order valence-corrected chi connectivity index (χ0v) is 8.75. The summed E-state index contributed by atoms with van der Waals surface area (Å²) in [5.74, 6) is 0. The maximum atomic E-state index is 9.10. The highest BCUT2D eigenvalue weighted by molar-refractivity contribution is 5.98. The van der Waals surface area contributed by atoms with Gasteiger partial charge in [0.1, 0.15) is 0 Å². The maximum absolute atomic E-state index is 9.10. The van der Waals surface area contributed by atoms with E-state index in [1.54, 1.807) is 6.92 Å². The van der Waals surface area contributed by atoms with Crippen molar-refractivity contribution in [3.63, 3.8) is 0 Å². The van der Waals surface area contributed by atoms with Crippen LogP contribution in [0.5, 0.6) is 0 Å². The SMILES string of the molecule is Cc1ccc(C(=N)CCC(C)O)cc1. The van der Waals surface area contributed by atoms with Crippen molar-refractivity contribution in [1.82, 2.24) is 0 Å². The minimum atomic E-state index is -0.319. The first kappa shape index (κ1) is 10.9. The van der Waals surface area contributed by atoms with Crippen LogP contribution in [0.15, 0.2) is 24.3 Å². The van der Waals surface area contributed by atoms with Crippen molar-refractivity contribution >= 4 is 5.71 Å². The molecule has 1 aromatic rings. The van der Waals surface area contributed by atoms with Gasteiger partial charge in [-0.05, 0) is 32.3 Å². The molecule has 0 bridgehead atoms. The standard InChI is InChI=1S/C12H17NO/c1-9-3-6-11(7-4-9)12(13)8-5-10(2)14/h3-4,6-7,10,13-14H,5,8H2,1-2H3. The van der Waals surface area contributed by atoms with Gasteiger partial charge in [0.2, 0.25) is 0 Å². The average molecular weight is 191 g/mol. The molecule has 0 amide bonds. The van der Waals surface area contributed by atoms with E-state index in [1.807, 2.05) is 31.2 Å². The molecule has 1 aromatic carbocycles. The van der Waals surface area contributed by atoms with Crippen LogP contribution >= 0.6 is 0 Å². The predicted molar refractivity (Wildman–Crippen MR) is 58.9 cm³/mol. The molecule has 1 rings (SSSR count). The minimum Gasteiger partial charge on any atom is -0.393 e. The van der Waals surface area contributed by atoms with Crippen LogP contribution in [0.25, 0.3) is 0 Å². The van der Waals surface area contributed by atoms with Crippen molar-refractivity contribution in [3.8, 4) is 0 Å². The summed E-state index contributed by atoms with van der Waals surface area (Å²) in [6, 6.07) is 7.93. The Morgan fingerprint density at radius 3 is 2.43 bits per heavy atom. The molecule has 2 nitrogen and oxygen atoms in total. The quantitative estimate of drug-likeness (QED) is 0.706. The molecule has 0 fully saturated rings. The first-order valence-corrected chi connectivity index (χ1v) is 4.92. The Bertz CT molecular complexity index is 301. The molecule has 14 heavy (non-hydrogen) atoms. The fourth-order valence-corrected chi connectivity index (χ4v) is 1.25. The van der Waals surface area contributed by atoms with Crippen LogP contribution in [0.3, 0.4) is 0 Å². The van der Waals surface area contributed by atoms with E-state index in [9.17, 15) is 0 Å². The highest BCUT2D eigenvalue weighted by Gasteiger charge is 2.03. The number of rotatable bonds is 4. The first-order valence-electron chi connectivity index (χ1n) is 4.92. The zero-order valence-electron chi connectivity index (χ0n) is 8.75. The number of aliphatic hydroxyl groups excluding tert-OH is 1. The van der Waals surface area contributed by atoms with Crippen LogP contribution in [-0.4, -0.2) is 16.9 Å². The van der Waals surface area contributed by atoms with Gasteiger partial charge in [0.05, 0.1) is 6.10 Å². The van der Waals surface area contributed by atoms with E-state index < -0.39 is 0 Å². The second-order valence-electron chi connectivity index (χ2n) is 3.73. The lowest BCUT2D eigenvalue weighted by Crippen LogP contribution is -2.05. The van der Waals surface area contributed by atoms with Gasteiger partial charge >= 0.3 is 0 Å². The van der Waals surface area contributed by atoms with Crippen LogP contribution in [0.1, 0.15) is 30.9 Å². The summed E-state index contributed by atoms with van der Waals surface area (Å²) in [5, 5.41) is 16.9. The highest BCUT2D eigenvalue weighted by atomic mass is 16.3. The van der Waals surface area contributed by atoms with Crippen LogP contribution < -0.4 is 0 Å². The van der Waals surface area contributed by atoms with Crippen LogP contribution in [0, 0.1) is 12.3 Å². The Morgan fingerprint density at radius 1 is 1.36 bits per heavy atom. The third-order valence-corrected chi connectivity index (χ3v) is 2.21. The Kier molecular flexibility index (Phi) is 3.84. The van der Waals surface area contributed by atoms with Gasteiger partial charge in [0.25, 0.3) is 0 Å². The Labute approximate surface area is 85.1 Å². The van der Waals surface area contributed by atoms with Gasteiger partial charge in [-0.1, -0.05) is 29.8 Å². The minimum absolute atomic E-state index is 0.319. The third kappa shape index (κ3) is 3.30. The lowest BCUT2D eigenvalue weighted by atomic mass is 10.0. The molecule has 1 atom stereocenters. The van der Waals surface area contributed by atoms with Gasteiger partial charge in [-0.3, -0.25) is 0 Å². The number of aryl methyl sites for hydroxylation is 1. The molecule has 1 unspecified atom stereocenters. The summed E-state index contributed by atoms with van der Waals surface area (Å²) in [6.07, 6.45) is 0.980. The molecular formula is C12H17NO. The summed E-state index contributed by atoms with van der Waals surface area (Å²) < 4.78 is 0. The first-order chi connectivity index (χ1) is 6.59. The largest absolute Gasteiger partial charge is 0.393 e. The molecule has 0 heterocycles. The number of benzene rings is 1. The molecule has 0 radical (unpaired) electrons. The van der Waals surface area contributed by atoms with Gasteiger partial charge in [-0.15, -0.1) is 0 Å². The number of aliphatic hydroxyl groups is 1. The van der Waals surface area contributed by atoms with E-state index in [2.05, 4.69) is 0 Å². The van der Waals surface area contributed by atoms with Crippen molar-refractivity contribution in [2.75, 3.05) is 0 Å². The molecule has 0 saturated carbocycles. The summed E-state index contributed by atoms with van der Waals surface area (Å²) in [5.41, 5.74) is 2.76. The summed E-state index contributed by atoms with van der Waals surface area (Å²) in [4.78, 5) is 0. The maximum Gasteiger partial charge on any atom is 0.0515 e. The topological polar surface area (TPSA) is 44.1 Å². The van der Waals surface area contributed by atoms with E-state index in [0.29, 0.717) is 18.6 Å². The van der Waals surface area contributed by atoms with E-state index >= 15 is 0 Å². The highest BCUT2D eigenvalue weighted by Crippen LogP contribution is 2.08. The molecule has 76 valence electrons. The van der Waals surface area contributed by atoms with Crippen molar-refractivity contribution in [2.45, 2.75) is 32.8 Å². The van der Waals surface area contributed by atoms with E-state index in [1.165, 1.54) is 5.56 Å². The fraction of sp³-hybridized carbons (Fsp3) is 0.417. The molecule has 0 spiro atoms. The Hall–Kier alpha value is -1.15. The second kappa shape index (κ2) is 4.91. The molecule has 2 N–H and O–H groups in total. The smallest absolute Gasteiger partial charge is 0.0515 e. The van der Waals surface area contributed by atoms with Crippen LogP contribution in [0.2, 0.25) is 0 Å². The van der Waals surface area contributed by atoms with Crippen LogP contribution in [0.4, 0.5) is 0 Å². The van der Waals surface area contributed by atoms with E-state index in [0.717, 1.165) is 5.56 Å². The summed E-state index contributed by atoms with van der Waals surface area (Å²) in [6.45, 7) is 3.78. The lowest BCUT2D eigenvalue weighted by Gasteiger charge is -2.06. The number of hydrogen-bond acceptors (Lipinski definition) is 2. The van der Waals surface area contributed by atoms with Gasteiger partial charge in [-0.2, -0.15) is 0 Å². The molecule has 0 saturated heterocycles. The van der Waals surface area contributed by atoms with Gasteiger partial charge in [0, 0.05) is 5.71 Å². The van der Waals surface area contributed by atoms with Crippen molar-refractivity contribution in [2.24, 2.45) is 0 Å². The predicted octanol–water partition coefficient (Wildman–Crippen LogP) is 2.52.